The summed E-state index contributed by atoms with van der Waals surface area (Å²) < 4.78 is 7.52. The Labute approximate surface area is 175 Å². The highest BCUT2D eigenvalue weighted by molar-refractivity contribution is 5.82. The normalized spacial score (nSPS) is 16.0. The third kappa shape index (κ3) is 3.31. The van der Waals surface area contributed by atoms with Gasteiger partial charge in [0.25, 0.3) is 0 Å². The summed E-state index contributed by atoms with van der Waals surface area (Å²) in [5.74, 6) is 0.527. The maximum Gasteiger partial charge on any atom is 0.345 e. The van der Waals surface area contributed by atoms with Gasteiger partial charge in [0.2, 0.25) is 0 Å². The average Bonchev–Trinajstić information content (AvgIpc) is 3.17. The van der Waals surface area contributed by atoms with E-state index in [0.29, 0.717) is 22.8 Å². The summed E-state index contributed by atoms with van der Waals surface area (Å²) in [6.45, 7) is 9.46. The van der Waals surface area contributed by atoms with Crippen molar-refractivity contribution in [3.05, 3.63) is 63.9 Å². The summed E-state index contributed by atoms with van der Waals surface area (Å²) in [6.07, 6.45) is 4.16. The highest BCUT2D eigenvalue weighted by Gasteiger charge is 2.20. The average molecular weight is 402 g/mol. The molecule has 6 heteroatoms. The van der Waals surface area contributed by atoms with Crippen molar-refractivity contribution < 1.29 is 4.42 Å². The Kier molecular flexibility index (Phi) is 4.66. The van der Waals surface area contributed by atoms with Crippen molar-refractivity contribution in [3.63, 3.8) is 0 Å². The summed E-state index contributed by atoms with van der Waals surface area (Å²) >= 11 is 0. The first kappa shape index (κ1) is 19.0. The predicted molar refractivity (Wildman–Crippen MR) is 118 cm³/mol. The fourth-order valence-corrected chi connectivity index (χ4v) is 4.57. The van der Waals surface area contributed by atoms with Crippen LogP contribution in [0.4, 0.5) is 0 Å². The molecule has 1 aliphatic heterocycles. The lowest BCUT2D eigenvalue weighted by Crippen LogP contribution is -2.32. The number of benzene rings is 1. The number of rotatable bonds is 3. The highest BCUT2D eigenvalue weighted by Crippen LogP contribution is 2.31. The molecule has 1 saturated heterocycles. The van der Waals surface area contributed by atoms with E-state index in [4.69, 9.17) is 4.42 Å². The van der Waals surface area contributed by atoms with Crippen molar-refractivity contribution in [2.45, 2.75) is 39.5 Å². The molecule has 1 aromatic carbocycles. The van der Waals surface area contributed by atoms with Gasteiger partial charge in [0.15, 0.2) is 0 Å². The maximum absolute atomic E-state index is 12.8. The van der Waals surface area contributed by atoms with Gasteiger partial charge in [-0.25, -0.2) is 9.31 Å². The number of hydrogen-bond donors (Lipinski definition) is 0. The van der Waals surface area contributed by atoms with Gasteiger partial charge < -0.3 is 9.32 Å². The van der Waals surface area contributed by atoms with Crippen LogP contribution in [0, 0.1) is 13.8 Å². The van der Waals surface area contributed by atoms with Crippen molar-refractivity contribution in [1.82, 2.24) is 19.5 Å². The number of nitrogens with zero attached hydrogens (tertiary/aromatic N) is 4. The Balaban J connectivity index is 1.52. The molecule has 5 rings (SSSR count). The number of aryl methyl sites for hydroxylation is 2. The summed E-state index contributed by atoms with van der Waals surface area (Å²) in [6, 6.07) is 10.1. The second-order valence-electron chi connectivity index (χ2n) is 8.28. The van der Waals surface area contributed by atoms with Crippen LogP contribution in [0.3, 0.4) is 0 Å². The minimum absolute atomic E-state index is 0.355. The molecule has 0 N–H and O–H groups in total. The Hall–Kier alpha value is -2.99. The third-order valence-electron chi connectivity index (χ3n) is 6.30. The molecule has 0 spiro atoms. The fraction of sp³-hybridized carbons (Fsp3) is 0.375. The highest BCUT2D eigenvalue weighted by atomic mass is 16.4. The fourth-order valence-electron chi connectivity index (χ4n) is 4.57. The van der Waals surface area contributed by atoms with E-state index >= 15 is 0 Å². The Morgan fingerprint density at radius 3 is 2.70 bits per heavy atom. The van der Waals surface area contributed by atoms with Crippen LogP contribution in [0.25, 0.3) is 27.7 Å². The van der Waals surface area contributed by atoms with E-state index in [1.54, 1.807) is 4.52 Å². The number of fused-ring (bicyclic) bond motifs is 2. The monoisotopic (exact) mass is 402 g/mol. The molecule has 4 heterocycles. The van der Waals surface area contributed by atoms with E-state index in [1.807, 2.05) is 38.2 Å². The van der Waals surface area contributed by atoms with Crippen LogP contribution in [0.1, 0.15) is 42.6 Å². The molecule has 154 valence electrons. The van der Waals surface area contributed by atoms with Crippen LogP contribution in [0.15, 0.2) is 45.7 Å². The quantitative estimate of drug-likeness (QED) is 0.478. The van der Waals surface area contributed by atoms with Crippen molar-refractivity contribution in [1.29, 1.82) is 0 Å². The first-order chi connectivity index (χ1) is 14.5. The second kappa shape index (κ2) is 7.36. The van der Waals surface area contributed by atoms with Crippen LogP contribution in [0.5, 0.6) is 0 Å². The summed E-state index contributed by atoms with van der Waals surface area (Å²) in [7, 11) is 0. The van der Waals surface area contributed by atoms with Gasteiger partial charge in [0.05, 0.1) is 28.7 Å². The van der Waals surface area contributed by atoms with Crippen molar-refractivity contribution >= 4 is 16.5 Å². The number of hydrogen-bond acceptors (Lipinski definition) is 5. The zero-order chi connectivity index (χ0) is 20.8. The zero-order valence-corrected chi connectivity index (χ0v) is 17.7. The van der Waals surface area contributed by atoms with E-state index in [1.165, 1.54) is 5.56 Å². The number of likely N-dealkylation sites (tertiary alicyclic amines) is 1. The van der Waals surface area contributed by atoms with Gasteiger partial charge in [-0.1, -0.05) is 19.1 Å². The minimum atomic E-state index is -0.355. The zero-order valence-electron chi connectivity index (χ0n) is 17.7. The van der Waals surface area contributed by atoms with Crippen LogP contribution in [0.2, 0.25) is 0 Å². The van der Waals surface area contributed by atoms with E-state index in [0.717, 1.165) is 54.8 Å². The van der Waals surface area contributed by atoms with Gasteiger partial charge in [0.1, 0.15) is 11.3 Å². The van der Waals surface area contributed by atoms with E-state index in [-0.39, 0.29) is 5.63 Å². The van der Waals surface area contributed by atoms with Gasteiger partial charge in [-0.15, -0.1) is 0 Å². The standard InChI is InChI=1S/C24H26N4O2/c1-4-27-9-7-17(8-10-27)18-5-6-19-11-20(24(29)30-23(19)12-18)21-13-22-16(3)25-15(2)14-28(22)26-21/h5-6,11-14,17H,4,7-10H2,1-3H3. The largest absolute Gasteiger partial charge is 0.422 e. The lowest BCUT2D eigenvalue weighted by atomic mass is 9.89. The molecule has 0 atom stereocenters. The number of aromatic nitrogens is 3. The Morgan fingerprint density at radius 2 is 1.93 bits per heavy atom. The van der Waals surface area contributed by atoms with Crippen LogP contribution < -0.4 is 5.63 Å². The molecular weight excluding hydrogens is 376 g/mol. The van der Waals surface area contributed by atoms with Crippen molar-refractivity contribution in [2.75, 3.05) is 19.6 Å². The molecule has 1 aliphatic rings. The lowest BCUT2D eigenvalue weighted by molar-refractivity contribution is 0.222. The topological polar surface area (TPSA) is 63.6 Å². The first-order valence-corrected chi connectivity index (χ1v) is 10.7. The van der Waals surface area contributed by atoms with Gasteiger partial charge in [-0.05, 0) is 76.0 Å². The first-order valence-electron chi connectivity index (χ1n) is 10.7. The minimum Gasteiger partial charge on any atom is -0.422 e. The van der Waals surface area contributed by atoms with Crippen LogP contribution in [-0.2, 0) is 0 Å². The predicted octanol–water partition coefficient (Wildman–Crippen LogP) is 4.32. The van der Waals surface area contributed by atoms with Gasteiger partial charge in [-0.2, -0.15) is 5.10 Å². The summed E-state index contributed by atoms with van der Waals surface area (Å²) in [4.78, 5) is 19.8. The van der Waals surface area contributed by atoms with Crippen LogP contribution >= 0.6 is 0 Å². The summed E-state index contributed by atoms with van der Waals surface area (Å²) in [5.41, 5.74) is 5.31. The molecule has 0 bridgehead atoms. The maximum atomic E-state index is 12.8. The summed E-state index contributed by atoms with van der Waals surface area (Å²) in [5, 5.41) is 5.51. The van der Waals surface area contributed by atoms with Crippen molar-refractivity contribution in [3.8, 4) is 11.3 Å². The third-order valence-corrected chi connectivity index (χ3v) is 6.30. The molecule has 3 aromatic heterocycles. The molecule has 0 saturated carbocycles. The van der Waals surface area contributed by atoms with Gasteiger partial charge >= 0.3 is 5.63 Å². The molecule has 0 amide bonds. The smallest absolute Gasteiger partial charge is 0.345 e. The number of piperidine rings is 1. The molecular formula is C24H26N4O2. The lowest BCUT2D eigenvalue weighted by Gasteiger charge is -2.31. The molecule has 1 fully saturated rings. The molecule has 0 unspecified atom stereocenters. The van der Waals surface area contributed by atoms with E-state index < -0.39 is 0 Å². The van der Waals surface area contributed by atoms with E-state index in [9.17, 15) is 4.79 Å². The van der Waals surface area contributed by atoms with E-state index in [2.05, 4.69) is 34.0 Å². The van der Waals surface area contributed by atoms with Crippen molar-refractivity contribution in [2.24, 2.45) is 0 Å². The van der Waals surface area contributed by atoms with Gasteiger partial charge in [0, 0.05) is 5.39 Å². The molecule has 0 aliphatic carbocycles. The second-order valence-corrected chi connectivity index (χ2v) is 8.28. The molecule has 4 aromatic rings. The molecule has 0 radical (unpaired) electrons. The Morgan fingerprint density at radius 1 is 1.13 bits per heavy atom. The van der Waals surface area contributed by atoms with Crippen LogP contribution in [-0.4, -0.2) is 39.1 Å². The SMILES string of the molecule is CCN1CCC(c2ccc3cc(-c4cc5c(C)nc(C)cn5n4)c(=O)oc3c2)CC1. The molecule has 6 nitrogen and oxygen atoms in total. The van der Waals surface area contributed by atoms with Gasteiger partial charge in [-0.3, -0.25) is 4.98 Å². The Bertz CT molecular complexity index is 1300. The molecule has 30 heavy (non-hydrogen) atoms.